The number of ether oxygens (including phenoxy) is 1. The third kappa shape index (κ3) is 3.40. The Hall–Kier alpha value is -2.82. The van der Waals surface area contributed by atoms with Crippen molar-refractivity contribution >= 4 is 17.6 Å². The minimum Gasteiger partial charge on any atom is -0.481 e. The maximum atomic E-state index is 12.3. The molecular weight excluding hydrogens is 390 g/mol. The fraction of sp³-hybridized carbons (Fsp3) is 0.462. The van der Waals surface area contributed by atoms with Crippen LogP contribution in [0.5, 0.6) is 0 Å². The van der Waals surface area contributed by atoms with Crippen molar-refractivity contribution < 1.29 is 19.4 Å². The van der Waals surface area contributed by atoms with Crippen LogP contribution in [-0.4, -0.2) is 30.7 Å². The number of carbonyl (C=O) groups excluding carboxylic acids is 1. The molecule has 1 N–H and O–H groups in total. The molecule has 1 fully saturated rings. The van der Waals surface area contributed by atoms with Gasteiger partial charge in [0.25, 0.3) is 0 Å². The molecule has 5 rings (SSSR count). The Morgan fingerprint density at radius 3 is 2.55 bits per heavy atom. The van der Waals surface area contributed by atoms with E-state index in [0.717, 1.165) is 11.3 Å². The maximum absolute atomic E-state index is 12.3. The third-order valence-corrected chi connectivity index (χ3v) is 7.56. The first kappa shape index (κ1) is 20.1. The number of carbonyl (C=O) groups is 2. The van der Waals surface area contributed by atoms with Crippen molar-refractivity contribution in [3.8, 4) is 0 Å². The summed E-state index contributed by atoms with van der Waals surface area (Å²) in [7, 11) is 1.39. The molecule has 0 saturated heterocycles. The molecule has 2 heterocycles. The topological polar surface area (TPSA) is 66.8 Å². The summed E-state index contributed by atoms with van der Waals surface area (Å²) in [6.07, 6.45) is 6.76. The Morgan fingerprint density at radius 1 is 1.03 bits per heavy atom. The Morgan fingerprint density at radius 2 is 1.81 bits per heavy atom. The Labute approximate surface area is 183 Å². The lowest BCUT2D eigenvalue weighted by Gasteiger charge is -2.36. The summed E-state index contributed by atoms with van der Waals surface area (Å²) < 4.78 is 4.96. The predicted molar refractivity (Wildman–Crippen MR) is 118 cm³/mol. The van der Waals surface area contributed by atoms with Crippen molar-refractivity contribution in [2.45, 2.75) is 50.5 Å². The molecule has 0 aromatic heterocycles. The number of benzene rings is 2. The van der Waals surface area contributed by atoms with Crippen LogP contribution in [0.4, 0.5) is 5.69 Å². The summed E-state index contributed by atoms with van der Waals surface area (Å²) in [5, 5.41) is 9.95. The fourth-order valence-corrected chi connectivity index (χ4v) is 6.15. The fourth-order valence-electron chi connectivity index (χ4n) is 6.15. The van der Waals surface area contributed by atoms with Crippen LogP contribution in [0.15, 0.2) is 42.5 Å². The number of nitrogens with zero attached hydrogens (tertiary/aromatic N) is 1. The van der Waals surface area contributed by atoms with Crippen LogP contribution in [0.2, 0.25) is 0 Å². The van der Waals surface area contributed by atoms with Crippen molar-refractivity contribution in [1.29, 1.82) is 0 Å². The summed E-state index contributed by atoms with van der Waals surface area (Å²) in [4.78, 5) is 26.7. The van der Waals surface area contributed by atoms with Crippen LogP contribution in [-0.2, 0) is 16.0 Å². The zero-order valence-electron chi connectivity index (χ0n) is 17.9. The van der Waals surface area contributed by atoms with E-state index >= 15 is 0 Å². The molecule has 3 aliphatic rings. The van der Waals surface area contributed by atoms with Crippen LogP contribution in [0.1, 0.15) is 71.1 Å². The van der Waals surface area contributed by atoms with Crippen molar-refractivity contribution in [2.75, 3.05) is 18.6 Å². The number of rotatable bonds is 3. The second kappa shape index (κ2) is 8.03. The molecule has 0 bridgehead atoms. The molecule has 0 spiro atoms. The highest BCUT2D eigenvalue weighted by atomic mass is 16.5. The average molecular weight is 420 g/mol. The standard InChI is InChI=1S/C26H29NO4/c1-31-26(30)18-11-12-21-22(14-18)27-15-19(25(28)29)13-17-9-5-6-10-20(17)24(27)23(21)16-7-3-2-4-8-16/h5-6,9-12,14,16,19,23-24H,2-4,7-8,13,15H2,1H3,(H,28,29). The van der Waals surface area contributed by atoms with E-state index in [1.165, 1.54) is 50.3 Å². The summed E-state index contributed by atoms with van der Waals surface area (Å²) in [5.41, 5.74) is 5.17. The minimum absolute atomic E-state index is 0.117. The smallest absolute Gasteiger partial charge is 0.337 e. The normalized spacial score (nSPS) is 25.2. The molecule has 2 aromatic rings. The number of aliphatic carboxylic acids is 1. The number of fused-ring (bicyclic) bond motifs is 5. The first-order valence-corrected chi connectivity index (χ1v) is 11.4. The number of carboxylic acid groups (broad SMARTS) is 1. The van der Waals surface area contributed by atoms with Gasteiger partial charge in [-0.25, -0.2) is 4.79 Å². The van der Waals surface area contributed by atoms with Crippen molar-refractivity contribution in [3.05, 3.63) is 64.7 Å². The van der Waals surface area contributed by atoms with Crippen LogP contribution >= 0.6 is 0 Å². The van der Waals surface area contributed by atoms with E-state index in [0.29, 0.717) is 30.4 Å². The average Bonchev–Trinajstić information content (AvgIpc) is 3.01. The van der Waals surface area contributed by atoms with Gasteiger partial charge >= 0.3 is 11.9 Å². The van der Waals surface area contributed by atoms with E-state index in [9.17, 15) is 14.7 Å². The highest BCUT2D eigenvalue weighted by Crippen LogP contribution is 2.56. The van der Waals surface area contributed by atoms with Gasteiger partial charge in [-0.1, -0.05) is 49.6 Å². The largest absolute Gasteiger partial charge is 0.481 e. The lowest BCUT2D eigenvalue weighted by Crippen LogP contribution is -2.34. The van der Waals surface area contributed by atoms with E-state index in [4.69, 9.17) is 4.74 Å². The van der Waals surface area contributed by atoms with E-state index < -0.39 is 11.9 Å². The Bertz CT molecular complexity index is 1010. The molecule has 3 unspecified atom stereocenters. The Balaban J connectivity index is 1.68. The first-order valence-electron chi connectivity index (χ1n) is 11.4. The molecule has 0 radical (unpaired) electrons. The van der Waals surface area contributed by atoms with Crippen LogP contribution in [0, 0.1) is 11.8 Å². The summed E-state index contributed by atoms with van der Waals surface area (Å²) in [6.45, 7) is 0.454. The molecule has 0 amide bonds. The number of esters is 1. The highest BCUT2D eigenvalue weighted by Gasteiger charge is 2.47. The van der Waals surface area contributed by atoms with Crippen molar-refractivity contribution in [1.82, 2.24) is 0 Å². The monoisotopic (exact) mass is 419 g/mol. The quantitative estimate of drug-likeness (QED) is 0.713. The van der Waals surface area contributed by atoms with Gasteiger partial charge in [0, 0.05) is 18.2 Å². The molecule has 1 saturated carbocycles. The van der Waals surface area contributed by atoms with Gasteiger partial charge in [-0.05, 0) is 54.0 Å². The number of hydrogen-bond donors (Lipinski definition) is 1. The van der Waals surface area contributed by atoms with E-state index in [1.54, 1.807) is 0 Å². The molecule has 5 heteroatoms. The van der Waals surface area contributed by atoms with Crippen LogP contribution in [0.25, 0.3) is 0 Å². The van der Waals surface area contributed by atoms with Crippen molar-refractivity contribution in [3.63, 3.8) is 0 Å². The number of hydrogen-bond acceptors (Lipinski definition) is 4. The molecule has 5 nitrogen and oxygen atoms in total. The predicted octanol–water partition coefficient (Wildman–Crippen LogP) is 4.96. The molecule has 2 aromatic carbocycles. The van der Waals surface area contributed by atoms with E-state index in [2.05, 4.69) is 29.2 Å². The minimum atomic E-state index is -0.762. The van der Waals surface area contributed by atoms with Gasteiger partial charge in [-0.15, -0.1) is 0 Å². The first-order chi connectivity index (χ1) is 15.1. The highest BCUT2D eigenvalue weighted by molar-refractivity contribution is 5.91. The van der Waals surface area contributed by atoms with Gasteiger partial charge < -0.3 is 14.7 Å². The molecule has 2 aliphatic heterocycles. The SMILES string of the molecule is COC(=O)c1ccc2c(c1)N1CC(C(=O)O)Cc3ccccc3C1C2C1CCCCC1. The summed E-state index contributed by atoms with van der Waals surface area (Å²) in [5.74, 6) is -0.713. The zero-order valence-corrected chi connectivity index (χ0v) is 17.9. The van der Waals surface area contributed by atoms with Crippen molar-refractivity contribution in [2.24, 2.45) is 11.8 Å². The van der Waals surface area contributed by atoms with Crippen LogP contribution in [0.3, 0.4) is 0 Å². The molecule has 3 atom stereocenters. The van der Waals surface area contributed by atoms with E-state index in [1.807, 2.05) is 18.2 Å². The third-order valence-electron chi connectivity index (χ3n) is 7.56. The van der Waals surface area contributed by atoms with Gasteiger partial charge in [-0.2, -0.15) is 0 Å². The second-order valence-corrected chi connectivity index (χ2v) is 9.22. The number of carboxylic acids is 1. The van der Waals surface area contributed by atoms with Gasteiger partial charge in [-0.3, -0.25) is 4.79 Å². The van der Waals surface area contributed by atoms with E-state index in [-0.39, 0.29) is 12.0 Å². The molecular formula is C26H29NO4. The van der Waals surface area contributed by atoms with Gasteiger partial charge in [0.1, 0.15) is 0 Å². The Kier molecular flexibility index (Phi) is 5.20. The molecule has 162 valence electrons. The summed E-state index contributed by atoms with van der Waals surface area (Å²) >= 11 is 0. The van der Waals surface area contributed by atoms with Gasteiger partial charge in [0.15, 0.2) is 0 Å². The lowest BCUT2D eigenvalue weighted by atomic mass is 9.73. The van der Waals surface area contributed by atoms with Gasteiger partial charge in [0.2, 0.25) is 0 Å². The van der Waals surface area contributed by atoms with Crippen LogP contribution < -0.4 is 4.90 Å². The zero-order chi connectivity index (χ0) is 21.5. The van der Waals surface area contributed by atoms with Gasteiger partial charge in [0.05, 0.1) is 24.6 Å². The summed E-state index contributed by atoms with van der Waals surface area (Å²) in [6, 6.07) is 14.4. The number of methoxy groups -OCH3 is 1. The second-order valence-electron chi connectivity index (χ2n) is 9.22. The maximum Gasteiger partial charge on any atom is 0.337 e. The molecule has 31 heavy (non-hydrogen) atoms. The number of anilines is 1. The molecule has 1 aliphatic carbocycles. The lowest BCUT2D eigenvalue weighted by molar-refractivity contribution is -0.141.